The quantitative estimate of drug-likeness (QED) is 0.868. The van der Waals surface area contributed by atoms with Crippen molar-refractivity contribution < 1.29 is 15.0 Å². The zero-order valence-corrected chi connectivity index (χ0v) is 13.0. The molecule has 0 spiro atoms. The smallest absolute Gasteiger partial charge is 0.248 e. The van der Waals surface area contributed by atoms with E-state index in [1.54, 1.807) is 23.1 Å². The monoisotopic (exact) mass is 332 g/mol. The number of nitrogens with zero attached hydrogens (tertiary/aromatic N) is 2. The standard InChI is InChI=1S/C14H18Cl2N2O3/c15-10-1-2-11(12(16)7-10)13(20)8-17-3-5-18(6-4-17)14(21)9-19/h1-2,7,13,19-20H,3-6,8-9H2. The van der Waals surface area contributed by atoms with Crippen molar-refractivity contribution in [3.8, 4) is 0 Å². The molecule has 2 rings (SSSR count). The average molecular weight is 333 g/mol. The van der Waals surface area contributed by atoms with Crippen molar-refractivity contribution in [1.82, 2.24) is 9.80 Å². The van der Waals surface area contributed by atoms with Crippen LogP contribution in [0, 0.1) is 0 Å². The maximum atomic E-state index is 11.4. The number of halogens is 2. The Morgan fingerprint density at radius 1 is 1.24 bits per heavy atom. The molecule has 2 N–H and O–H groups in total. The van der Waals surface area contributed by atoms with Gasteiger partial charge in [-0.15, -0.1) is 0 Å². The van der Waals surface area contributed by atoms with E-state index in [0.29, 0.717) is 48.3 Å². The summed E-state index contributed by atoms with van der Waals surface area (Å²) in [6.45, 7) is 2.43. The van der Waals surface area contributed by atoms with E-state index in [-0.39, 0.29) is 5.91 Å². The van der Waals surface area contributed by atoms with Crippen molar-refractivity contribution in [1.29, 1.82) is 0 Å². The molecule has 0 aromatic heterocycles. The van der Waals surface area contributed by atoms with Crippen LogP contribution in [0.4, 0.5) is 0 Å². The van der Waals surface area contributed by atoms with Crippen molar-refractivity contribution in [2.75, 3.05) is 39.3 Å². The van der Waals surface area contributed by atoms with Gasteiger partial charge in [0, 0.05) is 48.3 Å². The summed E-state index contributed by atoms with van der Waals surface area (Å²) in [5.74, 6) is -0.254. The van der Waals surface area contributed by atoms with Gasteiger partial charge in [-0.2, -0.15) is 0 Å². The van der Waals surface area contributed by atoms with Crippen molar-refractivity contribution in [2.24, 2.45) is 0 Å². The van der Waals surface area contributed by atoms with E-state index in [1.165, 1.54) is 0 Å². The molecule has 116 valence electrons. The molecule has 1 atom stereocenters. The predicted molar refractivity (Wildman–Crippen MR) is 81.5 cm³/mol. The maximum absolute atomic E-state index is 11.4. The Labute approximate surface area is 133 Å². The van der Waals surface area contributed by atoms with Crippen LogP contribution >= 0.6 is 23.2 Å². The number of carbonyl (C=O) groups excluding carboxylic acids is 1. The first-order valence-corrected chi connectivity index (χ1v) is 7.51. The van der Waals surface area contributed by atoms with Gasteiger partial charge in [0.1, 0.15) is 6.61 Å². The number of amides is 1. The number of benzene rings is 1. The number of piperazine rings is 1. The normalized spacial score (nSPS) is 17.8. The third-order valence-corrected chi connectivity index (χ3v) is 4.18. The Morgan fingerprint density at radius 2 is 1.90 bits per heavy atom. The summed E-state index contributed by atoms with van der Waals surface area (Å²) in [5.41, 5.74) is 0.648. The molecule has 1 aromatic rings. The fourth-order valence-electron chi connectivity index (χ4n) is 2.39. The third kappa shape index (κ3) is 4.31. The van der Waals surface area contributed by atoms with E-state index >= 15 is 0 Å². The molecule has 0 bridgehead atoms. The summed E-state index contributed by atoms with van der Waals surface area (Å²) < 4.78 is 0. The van der Waals surface area contributed by atoms with Crippen molar-refractivity contribution in [3.63, 3.8) is 0 Å². The van der Waals surface area contributed by atoms with Crippen molar-refractivity contribution in [2.45, 2.75) is 6.10 Å². The molecule has 1 heterocycles. The lowest BCUT2D eigenvalue weighted by atomic mass is 10.1. The predicted octanol–water partition coefficient (Wildman–Crippen LogP) is 1.16. The molecule has 7 heteroatoms. The van der Waals surface area contributed by atoms with E-state index < -0.39 is 12.7 Å². The van der Waals surface area contributed by atoms with Gasteiger partial charge in [0.25, 0.3) is 0 Å². The zero-order chi connectivity index (χ0) is 15.4. The van der Waals surface area contributed by atoms with Gasteiger partial charge < -0.3 is 15.1 Å². The molecule has 1 aliphatic rings. The highest BCUT2D eigenvalue weighted by atomic mass is 35.5. The number of carbonyl (C=O) groups is 1. The molecule has 1 unspecified atom stereocenters. The summed E-state index contributed by atoms with van der Waals surface area (Å²) in [4.78, 5) is 15.1. The van der Waals surface area contributed by atoms with E-state index in [2.05, 4.69) is 4.90 Å². The van der Waals surface area contributed by atoms with Crippen LogP contribution in [0.15, 0.2) is 18.2 Å². The highest BCUT2D eigenvalue weighted by molar-refractivity contribution is 6.35. The van der Waals surface area contributed by atoms with Crippen molar-refractivity contribution in [3.05, 3.63) is 33.8 Å². The molecule has 1 aliphatic heterocycles. The average Bonchev–Trinajstić information content (AvgIpc) is 2.47. The zero-order valence-electron chi connectivity index (χ0n) is 11.5. The van der Waals surface area contributed by atoms with Gasteiger partial charge in [-0.1, -0.05) is 29.3 Å². The second-order valence-electron chi connectivity index (χ2n) is 5.02. The second kappa shape index (κ2) is 7.42. The van der Waals surface area contributed by atoms with Crippen LogP contribution in [0.25, 0.3) is 0 Å². The Hall–Kier alpha value is -0.850. The number of aliphatic hydroxyl groups is 2. The summed E-state index contributed by atoms with van der Waals surface area (Å²) >= 11 is 11.9. The van der Waals surface area contributed by atoms with Gasteiger partial charge in [-0.25, -0.2) is 0 Å². The summed E-state index contributed by atoms with van der Waals surface area (Å²) in [6.07, 6.45) is -0.699. The van der Waals surface area contributed by atoms with Gasteiger partial charge in [-0.3, -0.25) is 9.69 Å². The first-order chi connectivity index (χ1) is 10.0. The first kappa shape index (κ1) is 16.5. The molecule has 1 fully saturated rings. The molecular weight excluding hydrogens is 315 g/mol. The van der Waals surface area contributed by atoms with Crippen LogP contribution in [0.3, 0.4) is 0 Å². The summed E-state index contributed by atoms with van der Waals surface area (Å²) in [5, 5.41) is 20.1. The van der Waals surface area contributed by atoms with Crippen molar-refractivity contribution >= 4 is 29.1 Å². The molecular formula is C14H18Cl2N2O3. The van der Waals surface area contributed by atoms with E-state index in [4.69, 9.17) is 28.3 Å². The summed E-state index contributed by atoms with van der Waals surface area (Å²) in [7, 11) is 0. The minimum Gasteiger partial charge on any atom is -0.387 e. The minimum atomic E-state index is -0.699. The summed E-state index contributed by atoms with van der Waals surface area (Å²) in [6, 6.07) is 5.03. The van der Waals surface area contributed by atoms with E-state index in [0.717, 1.165) is 0 Å². The topological polar surface area (TPSA) is 64.0 Å². The number of hydrogen-bond acceptors (Lipinski definition) is 4. The van der Waals surface area contributed by atoms with Crippen LogP contribution in [0.1, 0.15) is 11.7 Å². The lowest BCUT2D eigenvalue weighted by molar-refractivity contribution is -0.136. The molecule has 0 saturated carbocycles. The third-order valence-electron chi connectivity index (χ3n) is 3.61. The van der Waals surface area contributed by atoms with Crippen LogP contribution in [0.5, 0.6) is 0 Å². The van der Waals surface area contributed by atoms with Crippen LogP contribution in [-0.4, -0.2) is 65.3 Å². The number of aliphatic hydroxyl groups excluding tert-OH is 2. The Balaban J connectivity index is 1.89. The second-order valence-corrected chi connectivity index (χ2v) is 5.86. The molecule has 1 amide bonds. The molecule has 1 aromatic carbocycles. The maximum Gasteiger partial charge on any atom is 0.248 e. The highest BCUT2D eigenvalue weighted by Gasteiger charge is 2.23. The van der Waals surface area contributed by atoms with Gasteiger partial charge in [0.15, 0.2) is 0 Å². The molecule has 0 aliphatic carbocycles. The number of rotatable bonds is 4. The lowest BCUT2D eigenvalue weighted by Gasteiger charge is -2.35. The number of β-amino-alcohol motifs (C(OH)–C–C–N with tert-alkyl or cyclic N) is 1. The van der Waals surface area contributed by atoms with Gasteiger partial charge >= 0.3 is 0 Å². The molecule has 21 heavy (non-hydrogen) atoms. The highest BCUT2D eigenvalue weighted by Crippen LogP contribution is 2.27. The molecule has 0 radical (unpaired) electrons. The van der Waals surface area contributed by atoms with Crippen LogP contribution in [0.2, 0.25) is 10.0 Å². The Morgan fingerprint density at radius 3 is 2.48 bits per heavy atom. The van der Waals surface area contributed by atoms with Gasteiger partial charge in [-0.05, 0) is 12.1 Å². The van der Waals surface area contributed by atoms with E-state index in [9.17, 15) is 9.90 Å². The molecule has 1 saturated heterocycles. The fourth-order valence-corrected chi connectivity index (χ4v) is 2.93. The Bertz CT molecular complexity index is 505. The van der Waals surface area contributed by atoms with Crippen LogP contribution < -0.4 is 0 Å². The largest absolute Gasteiger partial charge is 0.387 e. The molecule has 5 nitrogen and oxygen atoms in total. The Kier molecular flexibility index (Phi) is 5.84. The van der Waals surface area contributed by atoms with Gasteiger partial charge in [0.05, 0.1) is 6.10 Å². The minimum absolute atomic E-state index is 0.254. The van der Waals surface area contributed by atoms with Gasteiger partial charge in [0.2, 0.25) is 5.91 Å². The SMILES string of the molecule is O=C(CO)N1CCN(CC(O)c2ccc(Cl)cc2Cl)CC1. The fraction of sp³-hybridized carbons (Fsp3) is 0.500. The first-order valence-electron chi connectivity index (χ1n) is 6.75. The lowest BCUT2D eigenvalue weighted by Crippen LogP contribution is -2.50. The van der Waals surface area contributed by atoms with Crippen LogP contribution in [-0.2, 0) is 4.79 Å². The number of hydrogen-bond donors (Lipinski definition) is 2. The van der Waals surface area contributed by atoms with E-state index in [1.807, 2.05) is 0 Å².